The average Bonchev–Trinajstić information content (AvgIpc) is 3.41. The third-order valence-corrected chi connectivity index (χ3v) is 5.10. The van der Waals surface area contributed by atoms with Crippen LogP contribution in [0.3, 0.4) is 0 Å². The fraction of sp³-hybridized carbons (Fsp3) is 0.292. The van der Waals surface area contributed by atoms with Crippen LogP contribution in [-0.2, 0) is 11.2 Å². The lowest BCUT2D eigenvalue weighted by Gasteiger charge is -2.11. The van der Waals surface area contributed by atoms with Gasteiger partial charge in [-0.25, -0.2) is 0 Å². The van der Waals surface area contributed by atoms with Gasteiger partial charge in [0.25, 0.3) is 5.89 Å². The van der Waals surface area contributed by atoms with E-state index in [-0.39, 0.29) is 19.1 Å². The number of aliphatic carboxylic acids is 1. The van der Waals surface area contributed by atoms with E-state index in [1.165, 1.54) is 0 Å². The molecule has 1 aromatic heterocycles. The summed E-state index contributed by atoms with van der Waals surface area (Å²) in [5, 5.41) is 22.5. The molecule has 0 spiro atoms. The minimum atomic E-state index is -0.857. The summed E-state index contributed by atoms with van der Waals surface area (Å²) >= 11 is 0. The van der Waals surface area contributed by atoms with Gasteiger partial charge in [0.1, 0.15) is 11.8 Å². The molecule has 1 N–H and O–H groups in total. The number of carboxylic acids is 1. The molecule has 4 rings (SSSR count). The molecular formula is C24H22N4O4. The van der Waals surface area contributed by atoms with Gasteiger partial charge >= 0.3 is 5.97 Å². The Morgan fingerprint density at radius 2 is 2.09 bits per heavy atom. The summed E-state index contributed by atoms with van der Waals surface area (Å²) in [6, 6.07) is 13.2. The van der Waals surface area contributed by atoms with E-state index in [1.54, 1.807) is 18.2 Å². The molecule has 162 valence electrons. The van der Waals surface area contributed by atoms with Gasteiger partial charge in [0.15, 0.2) is 0 Å². The third kappa shape index (κ3) is 4.37. The quantitative estimate of drug-likeness (QED) is 0.594. The summed E-state index contributed by atoms with van der Waals surface area (Å²) in [5.74, 6) is 0.439. The van der Waals surface area contributed by atoms with E-state index in [0.29, 0.717) is 28.6 Å². The predicted octanol–water partition coefficient (Wildman–Crippen LogP) is 4.27. The number of hydrogen-bond acceptors (Lipinski definition) is 7. The van der Waals surface area contributed by atoms with Crippen LogP contribution in [0.1, 0.15) is 43.4 Å². The molecule has 0 saturated heterocycles. The van der Waals surface area contributed by atoms with Gasteiger partial charge in [0.2, 0.25) is 5.82 Å². The fourth-order valence-corrected chi connectivity index (χ4v) is 3.72. The average molecular weight is 430 g/mol. The second kappa shape index (κ2) is 9.02. The predicted molar refractivity (Wildman–Crippen MR) is 118 cm³/mol. The van der Waals surface area contributed by atoms with Crippen molar-refractivity contribution in [1.29, 1.82) is 5.26 Å². The number of nitrogens with zero attached hydrogens (tertiary/aromatic N) is 4. The Kier molecular flexibility index (Phi) is 5.99. The summed E-state index contributed by atoms with van der Waals surface area (Å²) in [6.07, 6.45) is 1.50. The molecule has 0 aliphatic heterocycles. The highest BCUT2D eigenvalue weighted by Gasteiger charge is 2.23. The monoisotopic (exact) mass is 430 g/mol. The van der Waals surface area contributed by atoms with Crippen LogP contribution in [-0.4, -0.2) is 39.6 Å². The van der Waals surface area contributed by atoms with Crippen molar-refractivity contribution in [2.75, 3.05) is 6.54 Å². The Labute approximate surface area is 185 Å². The van der Waals surface area contributed by atoms with E-state index < -0.39 is 5.97 Å². The molecule has 8 nitrogen and oxygen atoms in total. The molecule has 2 aromatic carbocycles. The van der Waals surface area contributed by atoms with Gasteiger partial charge in [-0.05, 0) is 56.0 Å². The topological polar surface area (TPSA) is 122 Å². The number of carboxylic acid groups (broad SMARTS) is 1. The van der Waals surface area contributed by atoms with E-state index in [0.717, 1.165) is 35.2 Å². The molecule has 1 aliphatic carbocycles. The van der Waals surface area contributed by atoms with Gasteiger partial charge in [-0.2, -0.15) is 10.2 Å². The first-order valence-electron chi connectivity index (χ1n) is 10.4. The van der Waals surface area contributed by atoms with Gasteiger partial charge in [0.05, 0.1) is 18.1 Å². The zero-order valence-corrected chi connectivity index (χ0v) is 17.8. The van der Waals surface area contributed by atoms with Crippen molar-refractivity contribution in [2.45, 2.75) is 39.2 Å². The zero-order chi connectivity index (χ0) is 22.7. The molecule has 0 unspecified atom stereocenters. The highest BCUT2D eigenvalue weighted by atomic mass is 16.5. The summed E-state index contributed by atoms with van der Waals surface area (Å²) in [6.45, 7) is 4.07. The van der Waals surface area contributed by atoms with Crippen molar-refractivity contribution in [2.24, 2.45) is 4.99 Å². The van der Waals surface area contributed by atoms with Crippen LogP contribution >= 0.6 is 0 Å². The summed E-state index contributed by atoms with van der Waals surface area (Å²) in [5.41, 5.74) is 4.89. The lowest BCUT2D eigenvalue weighted by atomic mass is 10.0. The summed E-state index contributed by atoms with van der Waals surface area (Å²) < 4.78 is 11.2. The van der Waals surface area contributed by atoms with Crippen molar-refractivity contribution in [3.63, 3.8) is 0 Å². The standard InChI is InChI=1S/C24H22N4O4/c1-14(2)31-21-9-6-15(12-16(21)13-25)24-27-23(28-32-24)19-5-3-4-18-17(19)7-8-20(18)26-11-10-22(29)30/h3-6,9,12,14H,7-8,10-11H2,1-2H3,(H,29,30). The van der Waals surface area contributed by atoms with Crippen LogP contribution in [0.5, 0.6) is 5.75 Å². The zero-order valence-electron chi connectivity index (χ0n) is 17.8. The molecule has 0 atom stereocenters. The molecule has 0 radical (unpaired) electrons. The molecule has 1 heterocycles. The smallest absolute Gasteiger partial charge is 0.305 e. The molecule has 8 heteroatoms. The summed E-state index contributed by atoms with van der Waals surface area (Å²) in [4.78, 5) is 19.8. The van der Waals surface area contributed by atoms with Gasteiger partial charge in [-0.3, -0.25) is 9.79 Å². The molecule has 0 fully saturated rings. The number of aromatic nitrogens is 2. The SMILES string of the molecule is CC(C)Oc1ccc(-c2nc(-c3cccc4c3CCC4=NCCC(=O)O)no2)cc1C#N. The lowest BCUT2D eigenvalue weighted by molar-refractivity contribution is -0.136. The molecule has 0 bridgehead atoms. The Bertz CT molecular complexity index is 1240. The first-order valence-corrected chi connectivity index (χ1v) is 10.4. The number of carbonyl (C=O) groups is 1. The second-order valence-corrected chi connectivity index (χ2v) is 7.72. The Morgan fingerprint density at radius 1 is 1.28 bits per heavy atom. The number of aliphatic imine (C=N–C) groups is 1. The molecule has 0 saturated carbocycles. The number of fused-ring (bicyclic) bond motifs is 1. The maximum absolute atomic E-state index is 10.8. The van der Waals surface area contributed by atoms with Crippen LogP contribution in [0.4, 0.5) is 0 Å². The van der Waals surface area contributed by atoms with Gasteiger partial charge < -0.3 is 14.4 Å². The van der Waals surface area contributed by atoms with E-state index in [1.807, 2.05) is 32.0 Å². The Hall–Kier alpha value is -3.99. The Balaban J connectivity index is 1.62. The number of rotatable bonds is 7. The first-order chi connectivity index (χ1) is 15.5. The van der Waals surface area contributed by atoms with Crippen molar-refractivity contribution >= 4 is 11.7 Å². The van der Waals surface area contributed by atoms with Crippen molar-refractivity contribution in [3.8, 4) is 34.7 Å². The fourth-order valence-electron chi connectivity index (χ4n) is 3.72. The van der Waals surface area contributed by atoms with E-state index in [2.05, 4.69) is 21.2 Å². The molecule has 1 aliphatic rings. The molecule has 3 aromatic rings. The van der Waals surface area contributed by atoms with Crippen molar-refractivity contribution < 1.29 is 19.2 Å². The van der Waals surface area contributed by atoms with Crippen molar-refractivity contribution in [1.82, 2.24) is 10.1 Å². The van der Waals surface area contributed by atoms with Crippen LogP contribution in [0.15, 0.2) is 45.9 Å². The molecular weight excluding hydrogens is 408 g/mol. The number of ether oxygens (including phenoxy) is 1. The highest BCUT2D eigenvalue weighted by Crippen LogP contribution is 2.33. The first kappa shape index (κ1) is 21.2. The minimum absolute atomic E-state index is 0.0123. The van der Waals surface area contributed by atoms with E-state index >= 15 is 0 Å². The van der Waals surface area contributed by atoms with Crippen molar-refractivity contribution in [3.05, 3.63) is 53.1 Å². The molecule has 32 heavy (non-hydrogen) atoms. The van der Waals surface area contributed by atoms with E-state index in [9.17, 15) is 10.1 Å². The maximum atomic E-state index is 10.8. The van der Waals surface area contributed by atoms with Gasteiger partial charge in [-0.15, -0.1) is 0 Å². The number of hydrogen-bond donors (Lipinski definition) is 1. The molecule has 0 amide bonds. The minimum Gasteiger partial charge on any atom is -0.490 e. The van der Waals surface area contributed by atoms with Crippen LogP contribution in [0.25, 0.3) is 22.8 Å². The Morgan fingerprint density at radius 3 is 2.84 bits per heavy atom. The normalized spacial score (nSPS) is 13.9. The largest absolute Gasteiger partial charge is 0.490 e. The number of benzene rings is 2. The van der Waals surface area contributed by atoms with Crippen LogP contribution in [0, 0.1) is 11.3 Å². The van der Waals surface area contributed by atoms with Gasteiger partial charge in [0, 0.05) is 23.4 Å². The van der Waals surface area contributed by atoms with Crippen LogP contribution in [0.2, 0.25) is 0 Å². The lowest BCUT2D eigenvalue weighted by Crippen LogP contribution is -2.06. The van der Waals surface area contributed by atoms with Gasteiger partial charge in [-0.1, -0.05) is 23.4 Å². The third-order valence-electron chi connectivity index (χ3n) is 5.10. The second-order valence-electron chi connectivity index (χ2n) is 7.72. The maximum Gasteiger partial charge on any atom is 0.305 e. The summed E-state index contributed by atoms with van der Waals surface area (Å²) in [7, 11) is 0. The highest BCUT2D eigenvalue weighted by molar-refractivity contribution is 6.06. The van der Waals surface area contributed by atoms with E-state index in [4.69, 9.17) is 14.4 Å². The number of nitriles is 1. The van der Waals surface area contributed by atoms with Crippen LogP contribution < -0.4 is 4.74 Å².